The lowest BCUT2D eigenvalue weighted by Crippen LogP contribution is -2.34. The van der Waals surface area contributed by atoms with E-state index in [1.807, 2.05) is 14.0 Å². The molecule has 1 amide bonds. The van der Waals surface area contributed by atoms with Crippen molar-refractivity contribution in [3.8, 4) is 0 Å². The van der Waals surface area contributed by atoms with Gasteiger partial charge in [-0.3, -0.25) is 9.59 Å². The maximum absolute atomic E-state index is 11.4. The lowest BCUT2D eigenvalue weighted by Gasteiger charge is -2.11. The van der Waals surface area contributed by atoms with E-state index in [9.17, 15) is 9.59 Å². The number of ether oxygens (including phenoxy) is 1. The fourth-order valence-corrected chi connectivity index (χ4v) is 1.25. The summed E-state index contributed by atoms with van der Waals surface area (Å²) in [4.78, 5) is 22.4. The number of nitrogens with one attached hydrogen (secondary N) is 2. The molecule has 0 heterocycles. The minimum absolute atomic E-state index is 0. The predicted molar refractivity (Wildman–Crippen MR) is 69.2 cm³/mol. The van der Waals surface area contributed by atoms with Crippen molar-refractivity contribution in [1.29, 1.82) is 0 Å². The van der Waals surface area contributed by atoms with Gasteiger partial charge in [0.05, 0.1) is 6.61 Å². The summed E-state index contributed by atoms with van der Waals surface area (Å²) < 4.78 is 4.77. The van der Waals surface area contributed by atoms with Crippen molar-refractivity contribution in [3.63, 3.8) is 0 Å². The first kappa shape index (κ1) is 18.6. The van der Waals surface area contributed by atoms with Crippen LogP contribution >= 0.6 is 12.4 Å². The first-order chi connectivity index (χ1) is 7.61. The molecule has 0 aliphatic carbocycles. The van der Waals surface area contributed by atoms with Crippen LogP contribution in [0.1, 0.15) is 26.7 Å². The molecule has 0 spiro atoms. The van der Waals surface area contributed by atoms with Gasteiger partial charge >= 0.3 is 5.97 Å². The van der Waals surface area contributed by atoms with Crippen LogP contribution in [0.3, 0.4) is 0 Å². The molecule has 6 heteroatoms. The number of esters is 1. The number of hydrogen-bond acceptors (Lipinski definition) is 4. The van der Waals surface area contributed by atoms with Crippen LogP contribution in [0.5, 0.6) is 0 Å². The highest BCUT2D eigenvalue weighted by molar-refractivity contribution is 5.85. The highest BCUT2D eigenvalue weighted by Crippen LogP contribution is 1.94. The Kier molecular flexibility index (Phi) is 12.7. The zero-order valence-corrected chi connectivity index (χ0v) is 11.6. The first-order valence-electron chi connectivity index (χ1n) is 5.69. The van der Waals surface area contributed by atoms with Gasteiger partial charge in [-0.1, -0.05) is 6.92 Å². The minimum Gasteiger partial charge on any atom is -0.466 e. The molecule has 0 saturated heterocycles. The summed E-state index contributed by atoms with van der Waals surface area (Å²) in [6.45, 7) is 5.22. The molecule has 102 valence electrons. The summed E-state index contributed by atoms with van der Waals surface area (Å²) in [5, 5.41) is 5.72. The topological polar surface area (TPSA) is 67.4 Å². The fraction of sp³-hybridized carbons (Fsp3) is 0.818. The van der Waals surface area contributed by atoms with Gasteiger partial charge in [0.1, 0.15) is 0 Å². The van der Waals surface area contributed by atoms with Gasteiger partial charge in [0, 0.05) is 25.4 Å². The highest BCUT2D eigenvalue weighted by Gasteiger charge is 2.10. The van der Waals surface area contributed by atoms with Crippen LogP contribution in [-0.4, -0.2) is 38.6 Å². The third kappa shape index (κ3) is 10.1. The molecule has 1 unspecified atom stereocenters. The van der Waals surface area contributed by atoms with Gasteiger partial charge in [-0.05, 0) is 20.4 Å². The zero-order valence-electron chi connectivity index (χ0n) is 10.7. The average molecular weight is 267 g/mol. The number of amides is 1. The zero-order chi connectivity index (χ0) is 12.4. The maximum atomic E-state index is 11.4. The third-order valence-electron chi connectivity index (χ3n) is 2.12. The molecule has 0 rings (SSSR count). The second kappa shape index (κ2) is 11.7. The number of halogens is 1. The van der Waals surface area contributed by atoms with Crippen LogP contribution in [0.2, 0.25) is 0 Å². The van der Waals surface area contributed by atoms with Crippen molar-refractivity contribution in [2.75, 3.05) is 26.7 Å². The van der Waals surface area contributed by atoms with Gasteiger partial charge in [0.25, 0.3) is 0 Å². The summed E-state index contributed by atoms with van der Waals surface area (Å²) in [7, 11) is 1.81. The van der Waals surface area contributed by atoms with Crippen molar-refractivity contribution in [2.24, 2.45) is 5.92 Å². The van der Waals surface area contributed by atoms with Crippen molar-refractivity contribution in [3.05, 3.63) is 0 Å². The van der Waals surface area contributed by atoms with Gasteiger partial charge in [0.2, 0.25) is 5.91 Å². The number of carbonyl (C=O) groups excluding carboxylic acids is 2. The van der Waals surface area contributed by atoms with Gasteiger partial charge in [-0.2, -0.15) is 0 Å². The minimum atomic E-state index is -0.208. The van der Waals surface area contributed by atoms with Crippen molar-refractivity contribution >= 4 is 24.3 Å². The van der Waals surface area contributed by atoms with E-state index in [4.69, 9.17) is 4.74 Å². The average Bonchev–Trinajstić information content (AvgIpc) is 2.24. The van der Waals surface area contributed by atoms with Crippen LogP contribution in [0.4, 0.5) is 0 Å². The molecule has 0 aromatic carbocycles. The molecular weight excluding hydrogens is 244 g/mol. The predicted octanol–water partition coefficient (Wildman–Crippen LogP) is 0.723. The van der Waals surface area contributed by atoms with Crippen molar-refractivity contribution in [2.45, 2.75) is 26.7 Å². The molecular formula is C11H23ClN2O3. The van der Waals surface area contributed by atoms with Gasteiger partial charge in [0.15, 0.2) is 0 Å². The van der Waals surface area contributed by atoms with Crippen molar-refractivity contribution < 1.29 is 14.3 Å². The van der Waals surface area contributed by atoms with E-state index in [1.165, 1.54) is 0 Å². The van der Waals surface area contributed by atoms with E-state index >= 15 is 0 Å². The van der Waals surface area contributed by atoms with Crippen LogP contribution < -0.4 is 10.6 Å². The molecule has 0 aliphatic heterocycles. The largest absolute Gasteiger partial charge is 0.466 e. The van der Waals surface area contributed by atoms with Crippen LogP contribution in [-0.2, 0) is 14.3 Å². The molecule has 0 bridgehead atoms. The lowest BCUT2D eigenvalue weighted by molar-refractivity contribution is -0.143. The Balaban J connectivity index is 0. The molecule has 0 aromatic heterocycles. The van der Waals surface area contributed by atoms with E-state index in [0.29, 0.717) is 32.5 Å². The molecule has 0 saturated carbocycles. The SMILES string of the molecule is CCOC(=O)CCCNC(=O)C(C)CNC.Cl. The van der Waals surface area contributed by atoms with Crippen LogP contribution in [0.25, 0.3) is 0 Å². The van der Waals surface area contributed by atoms with E-state index in [0.717, 1.165) is 0 Å². The highest BCUT2D eigenvalue weighted by atomic mass is 35.5. The number of carbonyl (C=O) groups is 2. The van der Waals surface area contributed by atoms with E-state index in [-0.39, 0.29) is 30.2 Å². The standard InChI is InChI=1S/C11H22N2O3.ClH/c1-4-16-10(14)6-5-7-13-11(15)9(2)8-12-3;/h9,12H,4-8H2,1-3H3,(H,13,15);1H. The first-order valence-corrected chi connectivity index (χ1v) is 5.69. The molecule has 17 heavy (non-hydrogen) atoms. The third-order valence-corrected chi connectivity index (χ3v) is 2.12. The quantitative estimate of drug-likeness (QED) is 0.502. The Morgan fingerprint density at radius 3 is 2.53 bits per heavy atom. The molecule has 0 aromatic rings. The number of hydrogen-bond donors (Lipinski definition) is 2. The summed E-state index contributed by atoms with van der Waals surface area (Å²) >= 11 is 0. The molecule has 5 nitrogen and oxygen atoms in total. The Morgan fingerprint density at radius 1 is 1.35 bits per heavy atom. The Labute approximate surface area is 109 Å². The molecule has 0 aliphatic rings. The number of rotatable bonds is 8. The Hall–Kier alpha value is -0.810. The summed E-state index contributed by atoms with van der Waals surface area (Å²) in [6.07, 6.45) is 0.978. The van der Waals surface area contributed by atoms with Gasteiger partial charge < -0.3 is 15.4 Å². The normalized spacial score (nSPS) is 11.2. The molecule has 0 fully saturated rings. The Bertz CT molecular complexity index is 225. The molecule has 1 atom stereocenters. The Morgan fingerprint density at radius 2 is 2.00 bits per heavy atom. The second-order valence-electron chi connectivity index (χ2n) is 3.66. The van der Waals surface area contributed by atoms with Gasteiger partial charge in [-0.25, -0.2) is 0 Å². The monoisotopic (exact) mass is 266 g/mol. The lowest BCUT2D eigenvalue weighted by atomic mass is 10.1. The van der Waals surface area contributed by atoms with Crippen molar-refractivity contribution in [1.82, 2.24) is 10.6 Å². The second-order valence-corrected chi connectivity index (χ2v) is 3.66. The molecule has 0 radical (unpaired) electrons. The summed E-state index contributed by atoms with van der Waals surface area (Å²) in [5.41, 5.74) is 0. The van der Waals surface area contributed by atoms with Gasteiger partial charge in [-0.15, -0.1) is 12.4 Å². The van der Waals surface area contributed by atoms with E-state index < -0.39 is 0 Å². The van der Waals surface area contributed by atoms with E-state index in [1.54, 1.807) is 6.92 Å². The van der Waals surface area contributed by atoms with Crippen LogP contribution in [0, 0.1) is 5.92 Å². The summed E-state index contributed by atoms with van der Waals surface area (Å²) in [6, 6.07) is 0. The smallest absolute Gasteiger partial charge is 0.305 e. The molecule has 2 N–H and O–H groups in total. The maximum Gasteiger partial charge on any atom is 0.305 e. The van der Waals surface area contributed by atoms with E-state index in [2.05, 4.69) is 10.6 Å². The fourth-order valence-electron chi connectivity index (χ4n) is 1.25. The summed E-state index contributed by atoms with van der Waals surface area (Å²) in [5.74, 6) is -0.245. The van der Waals surface area contributed by atoms with Crippen LogP contribution in [0.15, 0.2) is 0 Å².